The molecule has 1 amide bonds. The summed E-state index contributed by atoms with van der Waals surface area (Å²) in [5, 5.41) is 10.5. The van der Waals surface area contributed by atoms with Gasteiger partial charge in [-0.1, -0.05) is 51.3 Å². The predicted octanol–water partition coefficient (Wildman–Crippen LogP) is 4.92. The largest absolute Gasteiger partial charge is 0.392 e. The van der Waals surface area contributed by atoms with Gasteiger partial charge in [0.05, 0.1) is 6.10 Å². The van der Waals surface area contributed by atoms with Crippen molar-refractivity contribution in [1.82, 2.24) is 4.90 Å². The number of unbranched alkanes of at least 4 members (excludes halogenated alkanes) is 2. The minimum Gasteiger partial charge on any atom is -0.392 e. The molecule has 4 heteroatoms. The Kier molecular flexibility index (Phi) is 8.69. The zero-order chi connectivity index (χ0) is 21.6. The summed E-state index contributed by atoms with van der Waals surface area (Å²) < 4.78 is 0. The van der Waals surface area contributed by atoms with Gasteiger partial charge in [0.25, 0.3) is 0 Å². The van der Waals surface area contributed by atoms with E-state index in [2.05, 4.69) is 13.0 Å². The van der Waals surface area contributed by atoms with E-state index in [1.807, 2.05) is 19.9 Å². The van der Waals surface area contributed by atoms with Crippen LogP contribution in [0.5, 0.6) is 0 Å². The molecule has 0 spiro atoms. The lowest BCUT2D eigenvalue weighted by atomic mass is 9.81. The van der Waals surface area contributed by atoms with Crippen LogP contribution in [0.2, 0.25) is 0 Å². The highest BCUT2D eigenvalue weighted by Gasteiger charge is 2.43. The fourth-order valence-corrected chi connectivity index (χ4v) is 4.81. The average molecular weight is 404 g/mol. The Labute approximate surface area is 177 Å². The molecule has 29 heavy (non-hydrogen) atoms. The molecule has 0 aromatic carbocycles. The van der Waals surface area contributed by atoms with Crippen molar-refractivity contribution in [2.45, 2.75) is 84.7 Å². The molecule has 1 N–H and O–H groups in total. The quantitative estimate of drug-likeness (QED) is 0.303. The topological polar surface area (TPSA) is 57.6 Å². The highest BCUT2D eigenvalue weighted by Crippen LogP contribution is 2.48. The molecular formula is C25H41NO3. The van der Waals surface area contributed by atoms with Crippen LogP contribution in [0.1, 0.15) is 78.6 Å². The van der Waals surface area contributed by atoms with Gasteiger partial charge >= 0.3 is 0 Å². The molecule has 0 saturated heterocycles. The lowest BCUT2D eigenvalue weighted by molar-refractivity contribution is -0.128. The fraction of sp³-hybridized carbons (Fsp3) is 0.760. The first-order valence-corrected chi connectivity index (χ1v) is 11.5. The number of rotatable bonds is 11. The van der Waals surface area contributed by atoms with Gasteiger partial charge < -0.3 is 10.0 Å². The number of aliphatic hydroxyl groups is 1. The van der Waals surface area contributed by atoms with E-state index in [4.69, 9.17) is 0 Å². The molecule has 2 rings (SSSR count). The maximum absolute atomic E-state index is 12.7. The van der Waals surface area contributed by atoms with Gasteiger partial charge in [-0.05, 0) is 56.4 Å². The van der Waals surface area contributed by atoms with Gasteiger partial charge in [0, 0.05) is 31.8 Å². The first kappa shape index (κ1) is 23.9. The van der Waals surface area contributed by atoms with Crippen molar-refractivity contribution in [3.8, 4) is 0 Å². The Bertz CT molecular complexity index is 632. The molecule has 164 valence electrons. The Hall–Kier alpha value is -1.42. The molecule has 4 nitrogen and oxygen atoms in total. The number of allylic oxidation sites excluding steroid dienone is 3. The molecule has 0 heterocycles. The molecule has 0 unspecified atom stereocenters. The number of ketones is 1. The maximum atomic E-state index is 12.7. The highest BCUT2D eigenvalue weighted by molar-refractivity contribution is 5.94. The first-order chi connectivity index (χ1) is 13.7. The van der Waals surface area contributed by atoms with Crippen molar-refractivity contribution >= 4 is 11.7 Å². The minimum absolute atomic E-state index is 0.0787. The van der Waals surface area contributed by atoms with Crippen LogP contribution >= 0.6 is 0 Å². The summed E-state index contributed by atoms with van der Waals surface area (Å²) in [6, 6.07) is 0. The Morgan fingerprint density at radius 1 is 1.24 bits per heavy atom. The number of hydrogen-bond donors (Lipinski definition) is 1. The summed E-state index contributed by atoms with van der Waals surface area (Å²) in [4.78, 5) is 26.0. The third-order valence-corrected chi connectivity index (χ3v) is 6.88. The third kappa shape index (κ3) is 6.53. The molecular weight excluding hydrogens is 362 g/mol. The van der Waals surface area contributed by atoms with Gasteiger partial charge in [-0.15, -0.1) is 0 Å². The zero-order valence-corrected chi connectivity index (χ0v) is 19.1. The fourth-order valence-electron chi connectivity index (χ4n) is 4.81. The van der Waals surface area contributed by atoms with Crippen molar-refractivity contribution in [3.05, 3.63) is 23.8 Å². The maximum Gasteiger partial charge on any atom is 0.222 e. The summed E-state index contributed by atoms with van der Waals surface area (Å²) in [6.45, 7) is 6.20. The minimum atomic E-state index is -0.344. The summed E-state index contributed by atoms with van der Waals surface area (Å²) in [5.74, 6) is 1.31. The Morgan fingerprint density at radius 3 is 2.62 bits per heavy atom. The highest BCUT2D eigenvalue weighted by atomic mass is 16.3. The van der Waals surface area contributed by atoms with Crippen molar-refractivity contribution < 1.29 is 14.7 Å². The summed E-state index contributed by atoms with van der Waals surface area (Å²) >= 11 is 0. The number of fused-ring (bicyclic) bond motifs is 1. The molecule has 0 aromatic heterocycles. The molecule has 1 saturated carbocycles. The SMILES string of the molecule is CCCCC(C)(C)C(=O)C=C[C@@H]1[C@H]2CC(CCCCC(=O)N(C)C)=C[C@H]2C[C@H]1O. The normalized spacial score (nSPS) is 26.6. The second-order valence-electron chi connectivity index (χ2n) is 9.94. The molecule has 0 radical (unpaired) electrons. The van der Waals surface area contributed by atoms with Crippen LogP contribution in [-0.4, -0.2) is 41.9 Å². The number of carbonyl (C=O) groups is 2. The van der Waals surface area contributed by atoms with Crippen molar-refractivity contribution in [3.63, 3.8) is 0 Å². The van der Waals surface area contributed by atoms with E-state index < -0.39 is 0 Å². The smallest absolute Gasteiger partial charge is 0.222 e. The molecule has 1 fully saturated rings. The van der Waals surface area contributed by atoms with Crippen molar-refractivity contribution in [1.29, 1.82) is 0 Å². The molecule has 4 atom stereocenters. The van der Waals surface area contributed by atoms with E-state index in [0.717, 1.165) is 51.4 Å². The number of carbonyl (C=O) groups excluding carboxylic acids is 2. The van der Waals surface area contributed by atoms with E-state index in [1.165, 1.54) is 5.57 Å². The van der Waals surface area contributed by atoms with Crippen molar-refractivity contribution in [2.75, 3.05) is 14.1 Å². The standard InChI is InChI=1S/C25H41NO3/c1-6-7-14-25(2,3)23(28)13-12-20-21-16-18(15-19(21)17-22(20)27)10-8-9-11-24(29)26(4)5/h12-13,15,19-22,27H,6-11,14,16-17H2,1-5H3/t19-,20+,21-,22+/m0/s1. The lowest BCUT2D eigenvalue weighted by Gasteiger charge is -2.22. The molecule has 2 aliphatic rings. The van der Waals surface area contributed by atoms with Gasteiger partial charge in [0.2, 0.25) is 5.91 Å². The molecule has 0 bridgehead atoms. The third-order valence-electron chi connectivity index (χ3n) is 6.88. The van der Waals surface area contributed by atoms with E-state index in [-0.39, 0.29) is 29.1 Å². The first-order valence-electron chi connectivity index (χ1n) is 11.5. The summed E-state index contributed by atoms with van der Waals surface area (Å²) in [7, 11) is 3.61. The van der Waals surface area contributed by atoms with Crippen LogP contribution in [-0.2, 0) is 9.59 Å². The van der Waals surface area contributed by atoms with Crippen LogP contribution < -0.4 is 0 Å². The van der Waals surface area contributed by atoms with E-state index in [9.17, 15) is 14.7 Å². The summed E-state index contributed by atoms with van der Waals surface area (Å²) in [6.07, 6.45) is 14.3. The van der Waals surface area contributed by atoms with E-state index in [1.54, 1.807) is 25.1 Å². The van der Waals surface area contributed by atoms with Crippen LogP contribution in [0.15, 0.2) is 23.8 Å². The Morgan fingerprint density at radius 2 is 1.97 bits per heavy atom. The monoisotopic (exact) mass is 403 g/mol. The lowest BCUT2D eigenvalue weighted by Crippen LogP contribution is -2.23. The van der Waals surface area contributed by atoms with Gasteiger partial charge in [0.1, 0.15) is 0 Å². The van der Waals surface area contributed by atoms with E-state index in [0.29, 0.717) is 18.3 Å². The molecule has 2 aliphatic carbocycles. The van der Waals surface area contributed by atoms with Crippen LogP contribution in [0.4, 0.5) is 0 Å². The van der Waals surface area contributed by atoms with Gasteiger partial charge in [-0.2, -0.15) is 0 Å². The van der Waals surface area contributed by atoms with Crippen molar-refractivity contribution in [2.24, 2.45) is 23.2 Å². The zero-order valence-electron chi connectivity index (χ0n) is 19.1. The van der Waals surface area contributed by atoms with Crippen LogP contribution in [0, 0.1) is 23.2 Å². The van der Waals surface area contributed by atoms with Gasteiger partial charge in [0.15, 0.2) is 5.78 Å². The second kappa shape index (κ2) is 10.6. The van der Waals surface area contributed by atoms with Crippen LogP contribution in [0.25, 0.3) is 0 Å². The second-order valence-corrected chi connectivity index (χ2v) is 9.94. The average Bonchev–Trinajstić information content (AvgIpc) is 3.17. The van der Waals surface area contributed by atoms with Crippen LogP contribution in [0.3, 0.4) is 0 Å². The molecule has 0 aliphatic heterocycles. The number of aliphatic hydroxyl groups excluding tert-OH is 1. The van der Waals surface area contributed by atoms with Gasteiger partial charge in [-0.3, -0.25) is 9.59 Å². The number of nitrogens with zero attached hydrogens (tertiary/aromatic N) is 1. The Balaban J connectivity index is 1.85. The number of hydrogen-bond acceptors (Lipinski definition) is 3. The predicted molar refractivity (Wildman–Crippen MR) is 118 cm³/mol. The summed E-state index contributed by atoms with van der Waals surface area (Å²) in [5.41, 5.74) is 1.15. The van der Waals surface area contributed by atoms with E-state index >= 15 is 0 Å². The molecule has 0 aromatic rings. The van der Waals surface area contributed by atoms with Gasteiger partial charge in [-0.25, -0.2) is 0 Å². The number of amides is 1.